The summed E-state index contributed by atoms with van der Waals surface area (Å²) in [6, 6.07) is 0. The summed E-state index contributed by atoms with van der Waals surface area (Å²) in [6.07, 6.45) is 6.58. The minimum absolute atomic E-state index is 0.264. The fourth-order valence-corrected chi connectivity index (χ4v) is 1.30. The van der Waals surface area contributed by atoms with Crippen molar-refractivity contribution in [3.8, 4) is 0 Å². The van der Waals surface area contributed by atoms with Gasteiger partial charge in [-0.1, -0.05) is 52.8 Å². The van der Waals surface area contributed by atoms with E-state index in [9.17, 15) is 14.4 Å². The number of carboxylic acids is 1. The Balaban J connectivity index is -0.000000362. The molecule has 0 aliphatic carbocycles. The molecule has 0 heterocycles. The number of hydrogen-bond acceptors (Lipinski definition) is 5. The smallest absolute Gasteiger partial charge is 0.333 e. The Morgan fingerprint density at radius 1 is 1.16 bits per heavy atom. The van der Waals surface area contributed by atoms with Gasteiger partial charge in [0.15, 0.2) is 0 Å². The second-order valence-electron chi connectivity index (χ2n) is 5.06. The van der Waals surface area contributed by atoms with Crippen molar-refractivity contribution in [1.29, 1.82) is 0 Å². The molecule has 1 atom stereocenters. The molecule has 0 saturated heterocycles. The van der Waals surface area contributed by atoms with Crippen molar-refractivity contribution in [2.75, 3.05) is 13.7 Å². The van der Waals surface area contributed by atoms with Gasteiger partial charge in [-0.05, 0) is 19.3 Å². The molecular weight excluding hydrogens is 324 g/mol. The molecule has 6 nitrogen and oxygen atoms in total. The van der Waals surface area contributed by atoms with Crippen LogP contribution in [-0.4, -0.2) is 36.7 Å². The molecule has 0 amide bonds. The first kappa shape index (κ1) is 27.5. The molecular formula is C19H32O6. The molecule has 1 unspecified atom stereocenters. The SMILES string of the molecule is C=C(C)C(=O)OCC(CC)CCCC.C=CC(=O)O.C=CC(=O)OC. The van der Waals surface area contributed by atoms with Gasteiger partial charge in [0, 0.05) is 17.7 Å². The second-order valence-corrected chi connectivity index (χ2v) is 5.06. The number of unbranched alkanes of at least 4 members (excludes halogenated alkanes) is 1. The first-order valence-electron chi connectivity index (χ1n) is 8.08. The van der Waals surface area contributed by atoms with Gasteiger partial charge in [0.2, 0.25) is 0 Å². The van der Waals surface area contributed by atoms with E-state index in [-0.39, 0.29) is 5.97 Å². The molecule has 0 aliphatic heterocycles. The summed E-state index contributed by atoms with van der Waals surface area (Å²) >= 11 is 0. The van der Waals surface area contributed by atoms with Gasteiger partial charge in [-0.3, -0.25) is 0 Å². The molecule has 0 aromatic rings. The first-order chi connectivity index (χ1) is 11.7. The van der Waals surface area contributed by atoms with Crippen LogP contribution in [0.1, 0.15) is 46.5 Å². The molecule has 0 aliphatic rings. The summed E-state index contributed by atoms with van der Waals surface area (Å²) in [6.45, 7) is 16.2. The normalized spacial score (nSPS) is 9.76. The molecule has 0 aromatic heterocycles. The van der Waals surface area contributed by atoms with E-state index in [2.05, 4.69) is 38.3 Å². The highest BCUT2D eigenvalue weighted by Crippen LogP contribution is 2.13. The molecule has 1 N–H and O–H groups in total. The van der Waals surface area contributed by atoms with Gasteiger partial charge in [0.1, 0.15) is 0 Å². The van der Waals surface area contributed by atoms with Gasteiger partial charge in [-0.25, -0.2) is 14.4 Å². The highest BCUT2D eigenvalue weighted by molar-refractivity contribution is 5.86. The number of hydrogen-bond donors (Lipinski definition) is 1. The number of carbonyl (C=O) groups excluding carboxylic acids is 2. The average molecular weight is 356 g/mol. The minimum Gasteiger partial charge on any atom is -0.478 e. The third-order valence-electron chi connectivity index (χ3n) is 2.88. The van der Waals surface area contributed by atoms with Crippen LogP contribution >= 0.6 is 0 Å². The van der Waals surface area contributed by atoms with Crippen molar-refractivity contribution in [1.82, 2.24) is 0 Å². The third kappa shape index (κ3) is 24.0. The quantitative estimate of drug-likeness (QED) is 0.497. The van der Waals surface area contributed by atoms with Gasteiger partial charge in [-0.2, -0.15) is 0 Å². The molecule has 0 rings (SSSR count). The van der Waals surface area contributed by atoms with Gasteiger partial charge in [0.05, 0.1) is 13.7 Å². The summed E-state index contributed by atoms with van der Waals surface area (Å²) in [4.78, 5) is 30.2. The number of carbonyl (C=O) groups is 3. The molecule has 144 valence electrons. The van der Waals surface area contributed by atoms with Gasteiger partial charge in [-0.15, -0.1) is 0 Å². The van der Waals surface area contributed by atoms with Crippen LogP contribution in [0.4, 0.5) is 0 Å². The molecule has 0 bridgehead atoms. The molecule has 0 saturated carbocycles. The Bertz CT molecular complexity index is 426. The number of carboxylic acid groups (broad SMARTS) is 1. The van der Waals surface area contributed by atoms with E-state index in [1.54, 1.807) is 6.92 Å². The van der Waals surface area contributed by atoms with E-state index in [1.807, 2.05) is 0 Å². The highest BCUT2D eigenvalue weighted by atomic mass is 16.5. The summed E-state index contributed by atoms with van der Waals surface area (Å²) < 4.78 is 9.26. The van der Waals surface area contributed by atoms with Crippen LogP contribution in [0.3, 0.4) is 0 Å². The first-order valence-corrected chi connectivity index (χ1v) is 8.08. The maximum absolute atomic E-state index is 11.1. The van der Waals surface area contributed by atoms with E-state index in [0.717, 1.165) is 25.0 Å². The van der Waals surface area contributed by atoms with E-state index >= 15 is 0 Å². The van der Waals surface area contributed by atoms with Crippen LogP contribution in [0.15, 0.2) is 37.5 Å². The highest BCUT2D eigenvalue weighted by Gasteiger charge is 2.09. The van der Waals surface area contributed by atoms with Crippen LogP contribution in [0.25, 0.3) is 0 Å². The number of rotatable bonds is 9. The van der Waals surface area contributed by atoms with Crippen molar-refractivity contribution < 1.29 is 29.0 Å². The van der Waals surface area contributed by atoms with Crippen LogP contribution in [0.2, 0.25) is 0 Å². The summed E-state index contributed by atoms with van der Waals surface area (Å²) in [7, 11) is 1.31. The third-order valence-corrected chi connectivity index (χ3v) is 2.88. The Morgan fingerprint density at radius 3 is 1.92 bits per heavy atom. The number of ether oxygens (including phenoxy) is 2. The largest absolute Gasteiger partial charge is 0.478 e. The monoisotopic (exact) mass is 356 g/mol. The molecule has 25 heavy (non-hydrogen) atoms. The van der Waals surface area contributed by atoms with Crippen molar-refractivity contribution in [2.45, 2.75) is 46.5 Å². The number of aliphatic carboxylic acids is 1. The molecule has 0 spiro atoms. The van der Waals surface area contributed by atoms with E-state index in [1.165, 1.54) is 20.0 Å². The molecule has 0 fully saturated rings. The maximum atomic E-state index is 11.1. The lowest BCUT2D eigenvalue weighted by Crippen LogP contribution is -2.14. The predicted octanol–water partition coefficient (Wildman–Crippen LogP) is 3.92. The summed E-state index contributed by atoms with van der Waals surface area (Å²) in [5, 5.41) is 7.60. The maximum Gasteiger partial charge on any atom is 0.333 e. The average Bonchev–Trinajstić information content (AvgIpc) is 2.61. The zero-order valence-electron chi connectivity index (χ0n) is 15.9. The standard InChI is InChI=1S/C12H22O2.C4H6O2.C3H4O2/c1-5-7-8-11(6-2)9-14-12(13)10(3)4;1-3-4(5)6-2;1-2-3(4)5/h11H,3,5-9H2,1-2,4H3;3H,1H2,2H3;2H,1H2,(H,4,5). The van der Waals surface area contributed by atoms with Crippen molar-refractivity contribution in [2.24, 2.45) is 5.92 Å². The Labute approximate surface area is 151 Å². The predicted molar refractivity (Wildman–Crippen MR) is 99.1 cm³/mol. The fourth-order valence-electron chi connectivity index (χ4n) is 1.30. The number of methoxy groups -OCH3 is 1. The van der Waals surface area contributed by atoms with Crippen molar-refractivity contribution in [3.63, 3.8) is 0 Å². The Morgan fingerprint density at radius 2 is 1.68 bits per heavy atom. The van der Waals surface area contributed by atoms with Gasteiger partial charge >= 0.3 is 17.9 Å². The van der Waals surface area contributed by atoms with E-state index < -0.39 is 11.9 Å². The van der Waals surface area contributed by atoms with Gasteiger partial charge < -0.3 is 14.6 Å². The lowest BCUT2D eigenvalue weighted by molar-refractivity contribution is -0.140. The topological polar surface area (TPSA) is 89.9 Å². The molecule has 0 radical (unpaired) electrons. The van der Waals surface area contributed by atoms with Crippen LogP contribution < -0.4 is 0 Å². The van der Waals surface area contributed by atoms with E-state index in [0.29, 0.717) is 18.1 Å². The summed E-state index contributed by atoms with van der Waals surface area (Å²) in [5.41, 5.74) is 0.482. The molecule has 6 heteroatoms. The minimum atomic E-state index is -0.981. The van der Waals surface area contributed by atoms with Crippen LogP contribution in [0, 0.1) is 5.92 Å². The summed E-state index contributed by atoms with van der Waals surface area (Å²) in [5.74, 6) is -1.13. The zero-order valence-corrected chi connectivity index (χ0v) is 15.9. The van der Waals surface area contributed by atoms with Gasteiger partial charge in [0.25, 0.3) is 0 Å². The fraction of sp³-hybridized carbons (Fsp3) is 0.526. The number of esters is 2. The second kappa shape index (κ2) is 19.7. The lowest BCUT2D eigenvalue weighted by Gasteiger charge is -2.14. The molecule has 0 aromatic carbocycles. The Kier molecular flexibility index (Phi) is 21.6. The van der Waals surface area contributed by atoms with Crippen molar-refractivity contribution in [3.05, 3.63) is 37.5 Å². The lowest BCUT2D eigenvalue weighted by atomic mass is 10.0. The van der Waals surface area contributed by atoms with Crippen LogP contribution in [-0.2, 0) is 23.9 Å². The van der Waals surface area contributed by atoms with Crippen LogP contribution in [0.5, 0.6) is 0 Å². The van der Waals surface area contributed by atoms with Crippen molar-refractivity contribution >= 4 is 17.9 Å². The van der Waals surface area contributed by atoms with E-state index in [4.69, 9.17) is 9.84 Å². The Hall–Kier alpha value is -2.37. The zero-order chi connectivity index (χ0) is 20.3.